The Hall–Kier alpha value is -0.640. The number of ether oxygens (including phenoxy) is 1. The van der Waals surface area contributed by atoms with Crippen LogP contribution in [-0.4, -0.2) is 41.0 Å². The molecule has 6 nitrogen and oxygen atoms in total. The van der Waals surface area contributed by atoms with Gasteiger partial charge in [-0.25, -0.2) is 21.6 Å². The summed E-state index contributed by atoms with van der Waals surface area (Å²) in [4.78, 5) is -0.0232. The first kappa shape index (κ1) is 16.7. The van der Waals surface area contributed by atoms with Gasteiger partial charge < -0.3 is 4.74 Å². The van der Waals surface area contributed by atoms with Crippen LogP contribution in [0.15, 0.2) is 27.6 Å². The van der Waals surface area contributed by atoms with Crippen LogP contribution in [0.25, 0.3) is 0 Å². The topological polar surface area (TPSA) is 89.5 Å². The van der Waals surface area contributed by atoms with E-state index in [1.165, 1.54) is 19.2 Å². The van der Waals surface area contributed by atoms with Crippen LogP contribution in [0.2, 0.25) is 0 Å². The van der Waals surface area contributed by atoms with Crippen LogP contribution < -0.4 is 9.46 Å². The van der Waals surface area contributed by atoms with Crippen LogP contribution in [0.5, 0.6) is 5.75 Å². The Kier molecular flexibility index (Phi) is 4.40. The summed E-state index contributed by atoms with van der Waals surface area (Å²) in [5.74, 6) is -0.00728. The molecule has 1 aromatic rings. The van der Waals surface area contributed by atoms with E-state index in [0.29, 0.717) is 4.47 Å². The maximum absolute atomic E-state index is 12.5. The molecule has 21 heavy (non-hydrogen) atoms. The summed E-state index contributed by atoms with van der Waals surface area (Å²) in [5, 5.41) is 0. The molecule has 0 aromatic heterocycles. The third-order valence-electron chi connectivity index (χ3n) is 3.30. The van der Waals surface area contributed by atoms with Crippen molar-refractivity contribution in [1.29, 1.82) is 0 Å². The summed E-state index contributed by atoms with van der Waals surface area (Å²) in [6, 6.07) is 4.62. The predicted molar refractivity (Wildman–Crippen MR) is 82.7 cm³/mol. The van der Waals surface area contributed by atoms with Crippen molar-refractivity contribution >= 4 is 35.8 Å². The first-order valence-corrected chi connectivity index (χ1v) is 10.2. The number of nitrogens with one attached hydrogen (secondary N) is 1. The number of methoxy groups -OCH3 is 1. The number of halogens is 1. The van der Waals surface area contributed by atoms with Crippen LogP contribution in [0.1, 0.15) is 13.3 Å². The van der Waals surface area contributed by atoms with Crippen LogP contribution >= 0.6 is 15.9 Å². The van der Waals surface area contributed by atoms with Crippen LogP contribution in [-0.2, 0) is 19.9 Å². The van der Waals surface area contributed by atoms with Crippen LogP contribution in [0.3, 0.4) is 0 Å². The maximum atomic E-state index is 12.5. The quantitative estimate of drug-likeness (QED) is 0.826. The molecule has 2 rings (SSSR count). The van der Waals surface area contributed by atoms with Gasteiger partial charge in [0.15, 0.2) is 9.84 Å². The third kappa shape index (κ3) is 3.77. The highest BCUT2D eigenvalue weighted by Crippen LogP contribution is 2.30. The summed E-state index contributed by atoms with van der Waals surface area (Å²) < 4.78 is 56.4. The van der Waals surface area contributed by atoms with Crippen molar-refractivity contribution < 1.29 is 21.6 Å². The fourth-order valence-electron chi connectivity index (χ4n) is 2.33. The Morgan fingerprint density at radius 1 is 1.38 bits per heavy atom. The molecule has 1 aromatic carbocycles. The summed E-state index contributed by atoms with van der Waals surface area (Å²) in [7, 11) is -5.71. The molecule has 118 valence electrons. The molecule has 0 amide bonds. The smallest absolute Gasteiger partial charge is 0.244 e. The van der Waals surface area contributed by atoms with Crippen LogP contribution in [0, 0.1) is 0 Å². The fraction of sp³-hybridized carbons (Fsp3) is 0.500. The molecule has 1 heterocycles. The fourth-order valence-corrected chi connectivity index (χ4v) is 6.66. The zero-order valence-corrected chi connectivity index (χ0v) is 14.8. The number of rotatable bonds is 4. The predicted octanol–water partition coefficient (Wildman–Crippen LogP) is 1.31. The van der Waals surface area contributed by atoms with Gasteiger partial charge in [-0.1, -0.05) is 15.9 Å². The lowest BCUT2D eigenvalue weighted by Crippen LogP contribution is -2.46. The Bertz CT molecular complexity index is 760. The average Bonchev–Trinajstić information content (AvgIpc) is 2.62. The molecule has 1 saturated heterocycles. The van der Waals surface area contributed by atoms with Gasteiger partial charge in [-0.05, 0) is 31.5 Å². The molecule has 9 heteroatoms. The van der Waals surface area contributed by atoms with Gasteiger partial charge in [0.25, 0.3) is 0 Å². The van der Waals surface area contributed by atoms with E-state index in [1.54, 1.807) is 13.0 Å². The van der Waals surface area contributed by atoms with Crippen molar-refractivity contribution in [1.82, 2.24) is 4.72 Å². The molecule has 1 aliphatic heterocycles. The van der Waals surface area contributed by atoms with Gasteiger partial charge in [0.2, 0.25) is 10.0 Å². The minimum atomic E-state index is -3.89. The monoisotopic (exact) mass is 397 g/mol. The highest BCUT2D eigenvalue weighted by Gasteiger charge is 2.41. The minimum Gasteiger partial charge on any atom is -0.495 e. The van der Waals surface area contributed by atoms with Crippen LogP contribution in [0.4, 0.5) is 0 Å². The Labute approximate surface area is 133 Å². The number of sulfonamides is 1. The lowest BCUT2D eigenvalue weighted by Gasteiger charge is -2.24. The molecule has 0 saturated carbocycles. The van der Waals surface area contributed by atoms with E-state index < -0.39 is 25.4 Å². The van der Waals surface area contributed by atoms with Gasteiger partial charge in [0.05, 0.1) is 18.6 Å². The second-order valence-electron chi connectivity index (χ2n) is 5.30. The highest BCUT2D eigenvalue weighted by atomic mass is 79.9. The standard InChI is InChI=1S/C12H16BrNO5S2/c1-12(5-6-20(15,16)8-12)14-21(17,18)11-7-9(13)3-4-10(11)19-2/h3-4,7,14H,5-6,8H2,1-2H3. The van der Waals surface area contributed by atoms with E-state index in [1.807, 2.05) is 0 Å². The number of sulfone groups is 1. The Morgan fingerprint density at radius 2 is 2.05 bits per heavy atom. The van der Waals surface area contributed by atoms with E-state index in [4.69, 9.17) is 4.74 Å². The first-order chi connectivity index (χ1) is 9.57. The molecule has 0 radical (unpaired) electrons. The van der Waals surface area contributed by atoms with Gasteiger partial charge in [0.1, 0.15) is 10.6 Å². The molecule has 1 unspecified atom stereocenters. The summed E-state index contributed by atoms with van der Waals surface area (Å²) in [5.41, 5.74) is -0.995. The van der Waals surface area contributed by atoms with Crippen molar-refractivity contribution in [3.63, 3.8) is 0 Å². The van der Waals surface area contributed by atoms with E-state index in [9.17, 15) is 16.8 Å². The van der Waals surface area contributed by atoms with Crippen molar-refractivity contribution in [2.24, 2.45) is 0 Å². The lowest BCUT2D eigenvalue weighted by atomic mass is 10.0. The van der Waals surface area contributed by atoms with Gasteiger partial charge in [0, 0.05) is 10.0 Å². The van der Waals surface area contributed by atoms with Gasteiger partial charge in [-0.2, -0.15) is 0 Å². The molecular formula is C12H16BrNO5S2. The normalized spacial score (nSPS) is 24.9. The maximum Gasteiger partial charge on any atom is 0.244 e. The summed E-state index contributed by atoms with van der Waals surface area (Å²) in [6.45, 7) is 1.60. The Morgan fingerprint density at radius 3 is 2.57 bits per heavy atom. The van der Waals surface area contributed by atoms with Crippen molar-refractivity contribution in [3.05, 3.63) is 22.7 Å². The average molecular weight is 398 g/mol. The lowest BCUT2D eigenvalue weighted by molar-refractivity contribution is 0.400. The van der Waals surface area contributed by atoms with E-state index in [-0.39, 0.29) is 28.6 Å². The largest absolute Gasteiger partial charge is 0.495 e. The zero-order valence-electron chi connectivity index (χ0n) is 11.6. The first-order valence-electron chi connectivity index (χ1n) is 6.15. The molecule has 0 spiro atoms. The van der Waals surface area contributed by atoms with Crippen molar-refractivity contribution in [3.8, 4) is 5.75 Å². The second kappa shape index (κ2) is 5.53. The molecule has 1 N–H and O–H groups in total. The van der Waals surface area contributed by atoms with E-state index in [0.717, 1.165) is 0 Å². The highest BCUT2D eigenvalue weighted by molar-refractivity contribution is 9.10. The minimum absolute atomic E-state index is 0.0123. The van der Waals surface area contributed by atoms with Crippen molar-refractivity contribution in [2.45, 2.75) is 23.8 Å². The molecule has 1 aliphatic rings. The number of benzene rings is 1. The third-order valence-corrected chi connectivity index (χ3v) is 7.36. The molecule has 0 bridgehead atoms. The number of hydrogen-bond donors (Lipinski definition) is 1. The van der Waals surface area contributed by atoms with Gasteiger partial charge in [-0.15, -0.1) is 0 Å². The van der Waals surface area contributed by atoms with Gasteiger partial charge >= 0.3 is 0 Å². The zero-order chi connectivity index (χ0) is 15.9. The molecule has 1 fully saturated rings. The summed E-state index contributed by atoms with van der Waals surface area (Å²) in [6.07, 6.45) is 0.255. The van der Waals surface area contributed by atoms with Crippen molar-refractivity contribution in [2.75, 3.05) is 18.6 Å². The Balaban J connectivity index is 2.38. The molecular weight excluding hydrogens is 382 g/mol. The SMILES string of the molecule is COc1ccc(Br)cc1S(=O)(=O)NC1(C)CCS(=O)(=O)C1. The molecule has 0 aliphatic carbocycles. The summed E-state index contributed by atoms with van der Waals surface area (Å²) >= 11 is 3.22. The van der Waals surface area contributed by atoms with Gasteiger partial charge in [-0.3, -0.25) is 0 Å². The van der Waals surface area contributed by atoms with E-state index in [2.05, 4.69) is 20.7 Å². The molecule has 1 atom stereocenters. The second-order valence-corrected chi connectivity index (χ2v) is 10.1. The van der Waals surface area contributed by atoms with E-state index >= 15 is 0 Å². The number of hydrogen-bond acceptors (Lipinski definition) is 5.